The number of rotatable bonds is 10. The topological polar surface area (TPSA) is 137 Å². The van der Waals surface area contributed by atoms with Crippen LogP contribution in [0.2, 0.25) is 0 Å². The van der Waals surface area contributed by atoms with Gasteiger partial charge in [-0.25, -0.2) is 19.3 Å². The molecule has 1 saturated carbocycles. The number of carbonyl (C=O) groups is 1. The van der Waals surface area contributed by atoms with Crippen molar-refractivity contribution >= 4 is 28.0 Å². The van der Waals surface area contributed by atoms with E-state index < -0.39 is 18.8 Å². The Morgan fingerprint density at radius 3 is 2.88 bits per heavy atom. The molecule has 1 aromatic carbocycles. The van der Waals surface area contributed by atoms with Crippen molar-refractivity contribution in [2.45, 2.75) is 38.0 Å². The van der Waals surface area contributed by atoms with Crippen molar-refractivity contribution in [1.29, 1.82) is 0 Å². The molecule has 4 aromatic heterocycles. The molecule has 0 saturated heterocycles. The fourth-order valence-electron chi connectivity index (χ4n) is 5.75. The maximum Gasteiger partial charge on any atom is 0.255 e. The van der Waals surface area contributed by atoms with Crippen molar-refractivity contribution in [3.8, 4) is 17.3 Å². The van der Waals surface area contributed by atoms with Gasteiger partial charge in [-0.1, -0.05) is 12.1 Å². The van der Waals surface area contributed by atoms with E-state index in [0.29, 0.717) is 52.8 Å². The van der Waals surface area contributed by atoms with Gasteiger partial charge < -0.3 is 34.0 Å². The number of aromatic nitrogens is 5. The number of ether oxygens (including phenoxy) is 1. The highest BCUT2D eigenvalue weighted by Gasteiger charge is 2.30. The van der Waals surface area contributed by atoms with Crippen LogP contribution in [0.1, 0.15) is 40.8 Å². The second-order valence-electron chi connectivity index (χ2n) is 11.2. The molecule has 0 bridgehead atoms. The Kier molecular flexibility index (Phi) is 6.66. The van der Waals surface area contributed by atoms with Crippen LogP contribution in [0.4, 0.5) is 4.39 Å². The van der Waals surface area contributed by atoms with Crippen LogP contribution in [0.25, 0.3) is 33.6 Å². The van der Waals surface area contributed by atoms with Crippen LogP contribution >= 0.6 is 0 Å². The number of nitrogens with zero attached hydrogens (tertiary/aromatic N) is 6. The summed E-state index contributed by atoms with van der Waals surface area (Å²) in [5.41, 5.74) is 10.2. The van der Waals surface area contributed by atoms with Crippen LogP contribution in [0, 0.1) is 5.92 Å². The van der Waals surface area contributed by atoms with E-state index in [9.17, 15) is 14.3 Å². The fraction of sp³-hybridized carbons (Fsp3) is 0.400. The number of benzene rings is 1. The number of carbonyl (C=O) groups excluding carboxylic acids is 1. The smallest absolute Gasteiger partial charge is 0.255 e. The van der Waals surface area contributed by atoms with Gasteiger partial charge in [-0.15, -0.1) is 0 Å². The summed E-state index contributed by atoms with van der Waals surface area (Å²) < 4.78 is 28.6. The van der Waals surface area contributed by atoms with Crippen molar-refractivity contribution < 1.29 is 23.4 Å². The van der Waals surface area contributed by atoms with Crippen LogP contribution in [0.3, 0.4) is 0 Å². The van der Waals surface area contributed by atoms with Gasteiger partial charge in [0.05, 0.1) is 34.7 Å². The highest BCUT2D eigenvalue weighted by Crippen LogP contribution is 2.39. The van der Waals surface area contributed by atoms with Gasteiger partial charge in [-0.05, 0) is 37.0 Å². The summed E-state index contributed by atoms with van der Waals surface area (Å²) in [7, 11) is 1.94. The largest absolute Gasteiger partial charge is 0.488 e. The zero-order valence-corrected chi connectivity index (χ0v) is 23.2. The lowest BCUT2D eigenvalue weighted by atomic mass is 10.0. The molecule has 11 nitrogen and oxygen atoms in total. The molecule has 2 atom stereocenters. The van der Waals surface area contributed by atoms with Crippen LogP contribution in [0.15, 0.2) is 47.3 Å². The van der Waals surface area contributed by atoms with Crippen LogP contribution in [-0.2, 0) is 20.0 Å². The number of halogens is 1. The van der Waals surface area contributed by atoms with Crippen molar-refractivity contribution in [1.82, 2.24) is 29.0 Å². The minimum atomic E-state index is -0.947. The molecule has 12 heteroatoms. The summed E-state index contributed by atoms with van der Waals surface area (Å²) in [6.07, 6.45) is 4.70. The highest BCUT2D eigenvalue weighted by molar-refractivity contribution is 5.99. The number of aliphatic hydroxyl groups is 1. The van der Waals surface area contributed by atoms with Crippen molar-refractivity contribution in [3.63, 3.8) is 0 Å². The van der Waals surface area contributed by atoms with E-state index in [1.54, 1.807) is 11.0 Å². The highest BCUT2D eigenvalue weighted by atomic mass is 19.1. The molecule has 1 amide bonds. The first kappa shape index (κ1) is 26.6. The SMILES string of the molecule is Cn1c(-c2cc3cccc(OCC(O)c4cnco4)c3n2CC2CC2)nc2cc3c(nc21)CCN(C[C@H](N)CF)C3=O. The molecule has 5 aromatic rings. The number of hydrogen-bond donors (Lipinski definition) is 2. The summed E-state index contributed by atoms with van der Waals surface area (Å²) in [6, 6.07) is 9.06. The predicted molar refractivity (Wildman–Crippen MR) is 153 cm³/mol. The monoisotopic (exact) mass is 573 g/mol. The number of para-hydroxylation sites is 1. The van der Waals surface area contributed by atoms with E-state index in [-0.39, 0.29) is 19.1 Å². The van der Waals surface area contributed by atoms with Gasteiger partial charge in [-0.2, -0.15) is 0 Å². The van der Waals surface area contributed by atoms with Crippen LogP contribution < -0.4 is 10.5 Å². The Morgan fingerprint density at radius 1 is 1.26 bits per heavy atom. The third-order valence-electron chi connectivity index (χ3n) is 8.14. The average molecular weight is 574 g/mol. The predicted octanol–water partition coefficient (Wildman–Crippen LogP) is 3.40. The molecule has 5 heterocycles. The first-order valence-electron chi connectivity index (χ1n) is 14.2. The van der Waals surface area contributed by atoms with E-state index in [2.05, 4.69) is 15.6 Å². The molecule has 7 rings (SSSR count). The van der Waals surface area contributed by atoms with Gasteiger partial charge in [0.25, 0.3) is 5.91 Å². The van der Waals surface area contributed by atoms with Gasteiger partial charge in [0.15, 0.2) is 23.6 Å². The molecular weight excluding hydrogens is 541 g/mol. The standard InChI is InChI=1S/C30H32FN7O4/c1-36-28-22(10-20-21(34-28)7-8-37(30(20)40)14-19(32)11-31)35-29(36)23-9-18-3-2-4-25(27(18)38(23)13-17-5-6-17)41-15-24(39)26-12-33-16-42-26/h2-4,9-10,12,16-17,19,24,39H,5-8,11,13-15,32H2,1H3/t19-,24?/m1/s1. The molecule has 2 aliphatic rings. The first-order valence-corrected chi connectivity index (χ1v) is 14.2. The zero-order chi connectivity index (χ0) is 29.0. The first-order chi connectivity index (χ1) is 20.4. The second kappa shape index (κ2) is 10.5. The molecule has 1 aliphatic heterocycles. The molecule has 1 fully saturated rings. The van der Waals surface area contributed by atoms with Crippen molar-refractivity contribution in [3.05, 3.63) is 59.9 Å². The number of amides is 1. The molecule has 42 heavy (non-hydrogen) atoms. The second-order valence-corrected chi connectivity index (χ2v) is 11.2. The lowest BCUT2D eigenvalue weighted by Crippen LogP contribution is -2.45. The van der Waals surface area contributed by atoms with Gasteiger partial charge in [0, 0.05) is 38.5 Å². The molecule has 1 unspecified atom stereocenters. The summed E-state index contributed by atoms with van der Waals surface area (Å²) in [4.78, 5) is 28.5. The number of aryl methyl sites for hydroxylation is 1. The lowest BCUT2D eigenvalue weighted by molar-refractivity contribution is 0.0723. The maximum absolute atomic E-state index is 13.2. The van der Waals surface area contributed by atoms with E-state index in [1.807, 2.05) is 29.8 Å². The minimum absolute atomic E-state index is 0.0152. The molecule has 1 aliphatic carbocycles. The van der Waals surface area contributed by atoms with E-state index in [1.165, 1.54) is 12.6 Å². The number of hydrogen-bond acceptors (Lipinski definition) is 8. The third kappa shape index (κ3) is 4.70. The maximum atomic E-state index is 13.2. The minimum Gasteiger partial charge on any atom is -0.488 e. The number of fused-ring (bicyclic) bond motifs is 3. The summed E-state index contributed by atoms with van der Waals surface area (Å²) in [5.74, 6) is 2.10. The van der Waals surface area contributed by atoms with Gasteiger partial charge in [0.1, 0.15) is 30.7 Å². The van der Waals surface area contributed by atoms with Crippen LogP contribution in [0.5, 0.6) is 5.75 Å². The fourth-order valence-corrected chi connectivity index (χ4v) is 5.75. The Bertz CT molecular complexity index is 1780. The molecule has 218 valence electrons. The van der Waals surface area contributed by atoms with E-state index >= 15 is 0 Å². The molecule has 3 N–H and O–H groups in total. The van der Waals surface area contributed by atoms with Crippen molar-refractivity contribution in [2.24, 2.45) is 18.7 Å². The summed E-state index contributed by atoms with van der Waals surface area (Å²) in [5, 5.41) is 11.5. The number of pyridine rings is 1. The van der Waals surface area contributed by atoms with Crippen LogP contribution in [-0.4, -0.2) is 72.4 Å². The van der Waals surface area contributed by atoms with E-state index in [0.717, 1.165) is 41.8 Å². The lowest BCUT2D eigenvalue weighted by Gasteiger charge is -2.29. The number of oxazole rings is 1. The Labute approximate surface area is 240 Å². The molecule has 0 spiro atoms. The number of aliphatic hydroxyl groups excluding tert-OH is 1. The summed E-state index contributed by atoms with van der Waals surface area (Å²) in [6.45, 7) is 0.759. The Balaban J connectivity index is 1.28. The van der Waals surface area contributed by atoms with Gasteiger partial charge in [0.2, 0.25) is 0 Å². The number of imidazole rings is 1. The Morgan fingerprint density at radius 2 is 2.12 bits per heavy atom. The number of alkyl halides is 1. The number of nitrogens with two attached hydrogens (primary N) is 1. The van der Waals surface area contributed by atoms with Gasteiger partial charge in [-0.3, -0.25) is 4.79 Å². The quantitative estimate of drug-likeness (QED) is 0.259. The average Bonchev–Trinajstić information content (AvgIpc) is 3.36. The van der Waals surface area contributed by atoms with Crippen molar-refractivity contribution in [2.75, 3.05) is 26.4 Å². The molecule has 0 radical (unpaired) electrons. The third-order valence-corrected chi connectivity index (χ3v) is 8.14. The molecular formula is C30H32FN7O4. The summed E-state index contributed by atoms with van der Waals surface area (Å²) >= 11 is 0. The van der Waals surface area contributed by atoms with E-state index in [4.69, 9.17) is 24.9 Å². The zero-order valence-electron chi connectivity index (χ0n) is 23.2. The normalized spacial score (nSPS) is 16.8. The van der Waals surface area contributed by atoms with Gasteiger partial charge >= 0.3 is 0 Å². The Hall–Kier alpha value is -4.29.